The van der Waals surface area contributed by atoms with Gasteiger partial charge in [0, 0.05) is 19.1 Å². The summed E-state index contributed by atoms with van der Waals surface area (Å²) in [6.07, 6.45) is 0.999. The summed E-state index contributed by atoms with van der Waals surface area (Å²) in [5.41, 5.74) is 0.458. The maximum atomic E-state index is 13.1. The first-order chi connectivity index (χ1) is 15.2. The molecular weight excluding hydrogens is 391 g/mol. The number of hydrogen-bond donors (Lipinski definition) is 3. The fourth-order valence-corrected chi connectivity index (χ4v) is 2.37. The summed E-state index contributed by atoms with van der Waals surface area (Å²) in [6, 6.07) is 11.6. The Balaban J connectivity index is 1.65. The van der Waals surface area contributed by atoms with Crippen LogP contribution in [0.15, 0.2) is 60.9 Å². The van der Waals surface area contributed by atoms with Crippen molar-refractivity contribution in [3.8, 4) is 0 Å². The van der Waals surface area contributed by atoms with Crippen molar-refractivity contribution in [3.63, 3.8) is 0 Å². The van der Waals surface area contributed by atoms with Crippen LogP contribution in [0.25, 0.3) is 0 Å². The van der Waals surface area contributed by atoms with E-state index in [2.05, 4.69) is 20.6 Å². The largest absolute Gasteiger partial charge is 0.478 e. The van der Waals surface area contributed by atoms with Gasteiger partial charge in [-0.3, -0.25) is 9.59 Å². The Hall–Kier alpha value is -4.14. The second-order valence-corrected chi connectivity index (χ2v) is 6.06. The minimum atomic E-state index is -2.31. The van der Waals surface area contributed by atoms with Crippen molar-refractivity contribution in [2.45, 2.75) is 13.0 Å². The number of carbonyl (C=O) groups is 3. The number of carbonyl (C=O) groups excluding carboxylic acids is 2. The molecule has 0 aliphatic heterocycles. The molecule has 0 aliphatic carbocycles. The Bertz CT molecular complexity index is 1160. The Morgan fingerprint density at radius 2 is 1.47 bits per heavy atom. The number of rotatable bonds is 7. The van der Waals surface area contributed by atoms with Crippen molar-refractivity contribution in [1.82, 2.24) is 20.6 Å². The zero-order chi connectivity index (χ0) is 23.3. The summed E-state index contributed by atoms with van der Waals surface area (Å²) >= 11 is 0. The van der Waals surface area contributed by atoms with E-state index in [9.17, 15) is 18.8 Å². The highest BCUT2D eigenvalue weighted by Gasteiger charge is 2.13. The Morgan fingerprint density at radius 1 is 0.900 bits per heavy atom. The van der Waals surface area contributed by atoms with Crippen molar-refractivity contribution in [1.29, 1.82) is 0 Å². The van der Waals surface area contributed by atoms with Gasteiger partial charge in [-0.1, -0.05) is 24.3 Å². The number of nitrogens with zero attached hydrogens (tertiary/aromatic N) is 2. The predicted octanol–water partition coefficient (Wildman–Crippen LogP) is 2.17. The van der Waals surface area contributed by atoms with E-state index in [4.69, 9.17) is 7.85 Å². The van der Waals surface area contributed by atoms with Gasteiger partial charge in [-0.15, -0.1) is 0 Å². The number of amides is 2. The molecule has 3 N–H and O–H groups in total. The highest BCUT2D eigenvalue weighted by Crippen LogP contribution is 2.06. The molecule has 9 heteroatoms. The lowest BCUT2D eigenvalue weighted by Crippen LogP contribution is -2.27. The van der Waals surface area contributed by atoms with E-state index >= 15 is 0 Å². The van der Waals surface area contributed by atoms with Crippen LogP contribution in [0.4, 0.5) is 4.39 Å². The third-order valence-electron chi connectivity index (χ3n) is 3.95. The van der Waals surface area contributed by atoms with Gasteiger partial charge in [0.2, 0.25) is 0 Å². The number of carboxylic acids is 1. The molecule has 3 aromatic rings. The second kappa shape index (κ2) is 9.37. The van der Waals surface area contributed by atoms with Crippen molar-refractivity contribution in [3.05, 3.63) is 94.8 Å². The van der Waals surface area contributed by atoms with Crippen LogP contribution in [0.1, 0.15) is 45.2 Å². The normalized spacial score (nSPS) is 11.8. The fourth-order valence-electron chi connectivity index (χ4n) is 2.37. The van der Waals surface area contributed by atoms with Crippen LogP contribution in [0, 0.1) is 5.82 Å². The zero-order valence-corrected chi connectivity index (χ0v) is 15.4. The molecule has 0 radical (unpaired) electrons. The maximum Gasteiger partial charge on any atom is 0.335 e. The van der Waals surface area contributed by atoms with E-state index in [0.29, 0.717) is 5.56 Å². The Morgan fingerprint density at radius 3 is 2.07 bits per heavy atom. The summed E-state index contributed by atoms with van der Waals surface area (Å²) in [7, 11) is 0. The van der Waals surface area contributed by atoms with Crippen molar-refractivity contribution in [2.75, 3.05) is 0 Å². The highest BCUT2D eigenvalue weighted by atomic mass is 19.1. The van der Waals surface area contributed by atoms with Gasteiger partial charge in [0.25, 0.3) is 11.8 Å². The van der Waals surface area contributed by atoms with Gasteiger partial charge in [0.15, 0.2) is 0 Å². The van der Waals surface area contributed by atoms with Gasteiger partial charge in [-0.2, -0.15) is 0 Å². The molecule has 0 saturated heterocycles. The van der Waals surface area contributed by atoms with Gasteiger partial charge in [-0.05, 0) is 35.4 Å². The van der Waals surface area contributed by atoms with E-state index < -0.39 is 30.1 Å². The Labute approximate surface area is 173 Å². The van der Waals surface area contributed by atoms with E-state index in [-0.39, 0.29) is 29.1 Å². The monoisotopic (exact) mass is 410 g/mol. The topological polar surface area (TPSA) is 121 Å². The number of aromatic carboxylic acids is 1. The molecule has 0 spiro atoms. The van der Waals surface area contributed by atoms with Gasteiger partial charge >= 0.3 is 5.97 Å². The number of benzene rings is 2. The van der Waals surface area contributed by atoms with E-state index in [1.54, 1.807) is 12.1 Å². The molecule has 0 aliphatic rings. The average molecular weight is 410 g/mol. The minimum absolute atomic E-state index is 0.0354. The second-order valence-electron chi connectivity index (χ2n) is 6.06. The number of nitrogens with one attached hydrogen (secondary N) is 2. The van der Waals surface area contributed by atoms with Gasteiger partial charge < -0.3 is 15.7 Å². The van der Waals surface area contributed by atoms with E-state index in [0.717, 1.165) is 24.5 Å². The minimum Gasteiger partial charge on any atom is -0.478 e. The molecule has 2 aromatic carbocycles. The van der Waals surface area contributed by atoms with Crippen LogP contribution in [0.3, 0.4) is 0 Å². The van der Waals surface area contributed by atoms with Gasteiger partial charge in [0.05, 0.1) is 8.30 Å². The maximum absolute atomic E-state index is 13.1. The number of halogens is 1. The molecular formula is C21H17FN4O4. The standard InChI is InChI=1S/C21H17FN4O4/c22-16-7-3-14(4-8-16)11-24-20(28)18-9-17(25-12-26-18)19(27)23-10-13-1-5-15(6-2-13)21(29)30/h1-9,12H,10-11H2,(H,23,27)(H,24,28)(H,29,30)/i11D2. The number of hydrogen-bond acceptors (Lipinski definition) is 5. The van der Waals surface area contributed by atoms with Gasteiger partial charge in [-0.25, -0.2) is 19.2 Å². The van der Waals surface area contributed by atoms with E-state index in [1.165, 1.54) is 24.3 Å². The SMILES string of the molecule is [2H]C([2H])(NC(=O)c1cc(C(=O)NCc2ccc(C(=O)O)cc2)ncn1)c1ccc(F)cc1. The van der Waals surface area contributed by atoms with Crippen molar-refractivity contribution >= 4 is 17.8 Å². The molecule has 1 heterocycles. The van der Waals surface area contributed by atoms with Crippen LogP contribution in [0.2, 0.25) is 0 Å². The zero-order valence-electron chi connectivity index (χ0n) is 17.4. The smallest absolute Gasteiger partial charge is 0.335 e. The third-order valence-corrected chi connectivity index (χ3v) is 3.95. The third kappa shape index (κ3) is 5.44. The summed E-state index contributed by atoms with van der Waals surface area (Å²) in [5.74, 6) is -3.10. The van der Waals surface area contributed by atoms with Crippen molar-refractivity contribution in [2.24, 2.45) is 0 Å². The number of carboxylic acid groups (broad SMARTS) is 1. The first-order valence-electron chi connectivity index (χ1n) is 9.67. The molecule has 0 atom stereocenters. The molecule has 0 fully saturated rings. The fraction of sp³-hybridized carbons (Fsp3) is 0.0952. The first kappa shape index (κ1) is 17.9. The molecule has 8 nitrogen and oxygen atoms in total. The van der Waals surface area contributed by atoms with Crippen LogP contribution in [-0.4, -0.2) is 32.9 Å². The van der Waals surface area contributed by atoms with Crippen molar-refractivity contribution < 1.29 is 26.6 Å². The van der Waals surface area contributed by atoms with Crippen LogP contribution in [-0.2, 0) is 13.0 Å². The molecule has 30 heavy (non-hydrogen) atoms. The van der Waals surface area contributed by atoms with Crippen LogP contribution >= 0.6 is 0 Å². The lowest BCUT2D eigenvalue weighted by atomic mass is 10.1. The quantitative estimate of drug-likeness (QED) is 0.549. The molecule has 0 unspecified atom stereocenters. The molecule has 2 amide bonds. The molecule has 152 valence electrons. The molecule has 3 rings (SSSR count). The highest BCUT2D eigenvalue weighted by molar-refractivity contribution is 5.97. The lowest BCUT2D eigenvalue weighted by Gasteiger charge is -2.07. The molecule has 1 aromatic heterocycles. The summed E-state index contributed by atoms with van der Waals surface area (Å²) in [4.78, 5) is 43.3. The van der Waals surface area contributed by atoms with Gasteiger partial charge in [0.1, 0.15) is 23.5 Å². The van der Waals surface area contributed by atoms with Crippen LogP contribution < -0.4 is 10.6 Å². The molecule has 0 saturated carbocycles. The number of aromatic nitrogens is 2. The Kier molecular flexibility index (Phi) is 5.60. The lowest BCUT2D eigenvalue weighted by molar-refractivity contribution is 0.0696. The summed E-state index contributed by atoms with van der Waals surface area (Å²) in [5, 5.41) is 13.6. The molecule has 0 bridgehead atoms. The van der Waals surface area contributed by atoms with E-state index in [1.807, 2.05) is 0 Å². The first-order valence-corrected chi connectivity index (χ1v) is 8.67. The summed E-state index contributed by atoms with van der Waals surface area (Å²) < 4.78 is 29.1. The van der Waals surface area contributed by atoms with Crippen LogP contribution in [0.5, 0.6) is 0 Å². The predicted molar refractivity (Wildman–Crippen MR) is 104 cm³/mol. The average Bonchev–Trinajstić information content (AvgIpc) is 2.77. The summed E-state index contributed by atoms with van der Waals surface area (Å²) in [6.45, 7) is -2.21.